The summed E-state index contributed by atoms with van der Waals surface area (Å²) in [5.41, 5.74) is 0. The summed E-state index contributed by atoms with van der Waals surface area (Å²) < 4.78 is 54.1. The van der Waals surface area contributed by atoms with Crippen molar-refractivity contribution >= 4 is 22.1 Å². The molecule has 0 spiro atoms. The van der Waals surface area contributed by atoms with Gasteiger partial charge in [0.1, 0.15) is 36.8 Å². The molecule has 0 aromatic rings. The van der Waals surface area contributed by atoms with Crippen molar-refractivity contribution in [2.24, 2.45) is 0 Å². The molecule has 12 nitrogen and oxygen atoms in total. The first-order chi connectivity index (χ1) is 29.5. The summed E-state index contributed by atoms with van der Waals surface area (Å²) in [4.78, 5) is 25.4. The Labute approximate surface area is 370 Å². The van der Waals surface area contributed by atoms with Crippen molar-refractivity contribution < 1.29 is 56.8 Å². The van der Waals surface area contributed by atoms with Gasteiger partial charge in [0.25, 0.3) is 10.1 Å². The van der Waals surface area contributed by atoms with E-state index in [-0.39, 0.29) is 19.4 Å². The van der Waals surface area contributed by atoms with Gasteiger partial charge in [0.2, 0.25) is 0 Å². The number of allylic oxidation sites excluding steroid dienone is 4. The minimum Gasteiger partial charge on any atom is -0.462 e. The monoisotopic (exact) mass is 889 g/mol. The van der Waals surface area contributed by atoms with Crippen molar-refractivity contribution in [2.45, 2.75) is 250 Å². The van der Waals surface area contributed by atoms with Crippen LogP contribution in [0.5, 0.6) is 0 Å². The van der Waals surface area contributed by atoms with Crippen LogP contribution in [-0.2, 0) is 38.7 Å². The van der Waals surface area contributed by atoms with E-state index < -0.39 is 71.2 Å². The maximum atomic E-state index is 12.8. The zero-order chi connectivity index (χ0) is 44.8. The molecule has 4 N–H and O–H groups in total. The smallest absolute Gasteiger partial charge is 0.306 e. The first-order valence-electron chi connectivity index (χ1n) is 24.4. The van der Waals surface area contributed by atoms with Gasteiger partial charge in [-0.3, -0.25) is 14.1 Å². The van der Waals surface area contributed by atoms with Crippen LogP contribution < -0.4 is 0 Å². The Balaban J connectivity index is 2.39. The maximum Gasteiger partial charge on any atom is 0.306 e. The Morgan fingerprint density at radius 2 is 0.934 bits per heavy atom. The molecule has 1 aliphatic heterocycles. The zero-order valence-electron chi connectivity index (χ0n) is 38.3. The Hall–Kier alpha value is -1.87. The predicted molar refractivity (Wildman–Crippen MR) is 243 cm³/mol. The van der Waals surface area contributed by atoms with E-state index in [1.54, 1.807) is 0 Å². The van der Waals surface area contributed by atoms with Gasteiger partial charge in [-0.15, -0.1) is 0 Å². The third kappa shape index (κ3) is 33.3. The zero-order valence-corrected chi connectivity index (χ0v) is 39.1. The fourth-order valence-electron chi connectivity index (χ4n) is 7.43. The summed E-state index contributed by atoms with van der Waals surface area (Å²) >= 11 is 0. The fraction of sp³-hybridized carbons (Fsp3) is 0.875. The van der Waals surface area contributed by atoms with Gasteiger partial charge in [-0.2, -0.15) is 8.42 Å². The largest absolute Gasteiger partial charge is 0.462 e. The van der Waals surface area contributed by atoms with Crippen molar-refractivity contribution in [1.82, 2.24) is 0 Å². The first-order valence-corrected chi connectivity index (χ1v) is 26.0. The van der Waals surface area contributed by atoms with Gasteiger partial charge in [-0.25, -0.2) is 0 Å². The Morgan fingerprint density at radius 3 is 1.36 bits per heavy atom. The van der Waals surface area contributed by atoms with Crippen LogP contribution >= 0.6 is 0 Å². The van der Waals surface area contributed by atoms with Crippen LogP contribution in [0, 0.1) is 0 Å². The molecule has 0 saturated carbocycles. The van der Waals surface area contributed by atoms with Crippen LogP contribution in [-0.4, -0.2) is 96.0 Å². The van der Waals surface area contributed by atoms with E-state index in [9.17, 15) is 37.9 Å². The van der Waals surface area contributed by atoms with Crippen LogP contribution in [0.3, 0.4) is 0 Å². The van der Waals surface area contributed by atoms with Gasteiger partial charge >= 0.3 is 11.9 Å². The molecule has 0 aliphatic carbocycles. The number of aliphatic hydroxyl groups excluding tert-OH is 3. The molecular weight excluding hydrogens is 801 g/mol. The molecule has 1 fully saturated rings. The molecule has 358 valence electrons. The second kappa shape index (κ2) is 38.6. The molecule has 2 unspecified atom stereocenters. The van der Waals surface area contributed by atoms with E-state index in [4.69, 9.17) is 18.9 Å². The highest BCUT2D eigenvalue weighted by atomic mass is 32.2. The maximum absolute atomic E-state index is 12.8. The van der Waals surface area contributed by atoms with Gasteiger partial charge in [-0.05, 0) is 64.2 Å². The topological polar surface area (TPSA) is 186 Å². The van der Waals surface area contributed by atoms with Crippen LogP contribution in [0.2, 0.25) is 0 Å². The third-order valence-corrected chi connectivity index (χ3v) is 12.0. The molecule has 0 radical (unpaired) electrons. The van der Waals surface area contributed by atoms with Crippen LogP contribution in [0.4, 0.5) is 0 Å². The number of carbonyl (C=O) groups is 2. The summed E-state index contributed by atoms with van der Waals surface area (Å²) in [5.74, 6) is -1.99. The molecule has 1 saturated heterocycles. The quantitative estimate of drug-likeness (QED) is 0.0197. The first kappa shape index (κ1) is 57.1. The highest BCUT2D eigenvalue weighted by Gasteiger charge is 2.46. The van der Waals surface area contributed by atoms with Crippen molar-refractivity contribution in [2.75, 3.05) is 19.0 Å². The van der Waals surface area contributed by atoms with Crippen LogP contribution in [0.15, 0.2) is 24.3 Å². The van der Waals surface area contributed by atoms with E-state index in [0.29, 0.717) is 12.8 Å². The van der Waals surface area contributed by atoms with E-state index in [0.717, 1.165) is 57.8 Å². The van der Waals surface area contributed by atoms with Crippen molar-refractivity contribution in [3.8, 4) is 0 Å². The highest BCUT2D eigenvalue weighted by Crippen LogP contribution is 2.24. The lowest BCUT2D eigenvalue weighted by molar-refractivity contribution is -0.297. The van der Waals surface area contributed by atoms with Crippen molar-refractivity contribution in [3.63, 3.8) is 0 Å². The Morgan fingerprint density at radius 1 is 0.541 bits per heavy atom. The summed E-state index contributed by atoms with van der Waals surface area (Å²) in [5, 5.41) is 30.9. The number of carbonyl (C=O) groups excluding carboxylic acids is 2. The lowest BCUT2D eigenvalue weighted by atomic mass is 10.00. The molecule has 61 heavy (non-hydrogen) atoms. The van der Waals surface area contributed by atoms with Crippen LogP contribution in [0.1, 0.15) is 213 Å². The summed E-state index contributed by atoms with van der Waals surface area (Å²) in [6, 6.07) is 0. The standard InChI is InChI=1S/C48H88O12S/c1-3-5-7-9-11-13-15-17-19-20-21-22-23-25-26-28-30-32-34-36-43(49)57-38-41(39-58-48-47(53)46(52)45(51)42(60-48)40-61(54,55)56)59-44(50)37-35-33-31-29-27-24-18-16-14-12-10-8-6-4-2/h16-19,41-42,45-48,51-53H,3-15,20-40H2,1-2H3,(H,54,55,56)/b18-16+,19-17+/t41-,42-,45-,46?,47?,48+/m1/s1. The van der Waals surface area contributed by atoms with Gasteiger partial charge < -0.3 is 34.3 Å². The molecule has 0 aromatic carbocycles. The van der Waals surface area contributed by atoms with E-state index >= 15 is 0 Å². The minimum atomic E-state index is -4.60. The van der Waals surface area contributed by atoms with Crippen molar-refractivity contribution in [1.29, 1.82) is 0 Å². The van der Waals surface area contributed by atoms with E-state index in [2.05, 4.69) is 38.2 Å². The van der Waals surface area contributed by atoms with Gasteiger partial charge in [-0.1, -0.05) is 160 Å². The average molecular weight is 889 g/mol. The van der Waals surface area contributed by atoms with E-state index in [1.165, 1.54) is 116 Å². The molecule has 13 heteroatoms. The summed E-state index contributed by atoms with van der Waals surface area (Å²) in [6.07, 6.45) is 33.6. The number of unbranched alkanes of at least 4 members (excludes halogenated alkanes) is 25. The van der Waals surface area contributed by atoms with Crippen molar-refractivity contribution in [3.05, 3.63) is 24.3 Å². The minimum absolute atomic E-state index is 0.156. The molecule has 6 atom stereocenters. The lowest BCUT2D eigenvalue weighted by Gasteiger charge is -2.40. The second-order valence-corrected chi connectivity index (χ2v) is 18.6. The fourth-order valence-corrected chi connectivity index (χ4v) is 8.12. The van der Waals surface area contributed by atoms with Gasteiger partial charge in [0.15, 0.2) is 12.4 Å². The van der Waals surface area contributed by atoms with Gasteiger partial charge in [0.05, 0.1) is 6.61 Å². The molecule has 0 aromatic heterocycles. The number of hydrogen-bond acceptors (Lipinski definition) is 11. The SMILES string of the molecule is CCCCCCC/C=C/CCCCCCCC(=O)O[C@H](COC(=O)CCCCCCCCCCC/C=C/CCCCCCCC)CO[C@H]1O[C@H](CS(=O)(=O)O)[C@@H](O)C(O)C1O. The highest BCUT2D eigenvalue weighted by molar-refractivity contribution is 7.85. The molecule has 0 bridgehead atoms. The van der Waals surface area contributed by atoms with E-state index in [1.807, 2.05) is 0 Å². The number of aliphatic hydroxyl groups is 3. The molecule has 1 rings (SSSR count). The Kier molecular flexibility index (Phi) is 36.1. The molecule has 1 heterocycles. The summed E-state index contributed by atoms with van der Waals surface area (Å²) in [6.45, 7) is 3.75. The van der Waals surface area contributed by atoms with Gasteiger partial charge in [0, 0.05) is 12.8 Å². The predicted octanol–water partition coefficient (Wildman–Crippen LogP) is 10.4. The summed E-state index contributed by atoms with van der Waals surface area (Å²) in [7, 11) is -4.60. The van der Waals surface area contributed by atoms with Crippen LogP contribution in [0.25, 0.3) is 0 Å². The number of hydrogen-bond donors (Lipinski definition) is 4. The lowest BCUT2D eigenvalue weighted by Crippen LogP contribution is -2.60. The number of rotatable bonds is 41. The second-order valence-electron chi connectivity index (χ2n) is 17.1. The third-order valence-electron chi connectivity index (χ3n) is 11.3. The molecule has 1 aliphatic rings. The average Bonchev–Trinajstić information content (AvgIpc) is 3.22. The number of esters is 2. The Bertz CT molecular complexity index is 1220. The normalized spacial score (nSPS) is 20.1. The molecule has 0 amide bonds. The number of ether oxygens (including phenoxy) is 4. The molecular formula is C48H88O12S.